The number of ether oxygens (including phenoxy) is 1. The molecule has 2 N–H and O–H groups in total. The van der Waals surface area contributed by atoms with Gasteiger partial charge in [0.15, 0.2) is 5.96 Å². The SMILES string of the molecule is CN=C(NCc1sc(C)nc1C)NCC1CN2CCCC2CO1. The third-order valence-electron chi connectivity index (χ3n) is 4.60. The maximum Gasteiger partial charge on any atom is 0.191 e. The van der Waals surface area contributed by atoms with Gasteiger partial charge in [0.1, 0.15) is 0 Å². The van der Waals surface area contributed by atoms with E-state index < -0.39 is 0 Å². The molecule has 0 aliphatic carbocycles. The van der Waals surface area contributed by atoms with E-state index in [1.807, 2.05) is 6.92 Å². The summed E-state index contributed by atoms with van der Waals surface area (Å²) in [5.41, 5.74) is 1.10. The van der Waals surface area contributed by atoms with Crippen molar-refractivity contribution in [1.82, 2.24) is 20.5 Å². The normalized spacial score (nSPS) is 25.4. The van der Waals surface area contributed by atoms with Crippen LogP contribution in [0, 0.1) is 13.8 Å². The zero-order valence-corrected chi connectivity index (χ0v) is 15.1. The lowest BCUT2D eigenvalue weighted by Gasteiger charge is -2.35. The lowest BCUT2D eigenvalue weighted by Crippen LogP contribution is -2.51. The Balaban J connectivity index is 1.44. The highest BCUT2D eigenvalue weighted by Gasteiger charge is 2.32. The molecule has 2 atom stereocenters. The molecule has 2 unspecified atom stereocenters. The van der Waals surface area contributed by atoms with Crippen molar-refractivity contribution in [2.45, 2.75) is 45.4 Å². The van der Waals surface area contributed by atoms with Gasteiger partial charge in [-0.05, 0) is 33.2 Å². The maximum absolute atomic E-state index is 5.98. The van der Waals surface area contributed by atoms with Crippen molar-refractivity contribution in [2.75, 3.05) is 33.3 Å². The Morgan fingerprint density at radius 3 is 3.04 bits per heavy atom. The van der Waals surface area contributed by atoms with E-state index in [9.17, 15) is 0 Å². The average Bonchev–Trinajstić information content (AvgIpc) is 3.13. The van der Waals surface area contributed by atoms with Crippen LogP contribution in [0.15, 0.2) is 4.99 Å². The van der Waals surface area contributed by atoms with Crippen LogP contribution in [0.3, 0.4) is 0 Å². The summed E-state index contributed by atoms with van der Waals surface area (Å²) in [5, 5.41) is 7.86. The molecule has 2 aliphatic heterocycles. The molecule has 3 heterocycles. The molecule has 128 valence electrons. The van der Waals surface area contributed by atoms with Crippen LogP contribution in [-0.4, -0.2) is 61.3 Å². The molecule has 2 aliphatic rings. The molecule has 7 heteroatoms. The van der Waals surface area contributed by atoms with Crippen LogP contribution in [0.4, 0.5) is 0 Å². The van der Waals surface area contributed by atoms with Gasteiger partial charge >= 0.3 is 0 Å². The van der Waals surface area contributed by atoms with Gasteiger partial charge in [-0.2, -0.15) is 0 Å². The Labute approximate surface area is 142 Å². The van der Waals surface area contributed by atoms with Crippen molar-refractivity contribution in [1.29, 1.82) is 0 Å². The molecule has 0 bridgehead atoms. The molecular weight excluding hydrogens is 310 g/mol. The number of aliphatic imine (C=N–C) groups is 1. The largest absolute Gasteiger partial charge is 0.373 e. The molecule has 0 aromatic carbocycles. The smallest absolute Gasteiger partial charge is 0.191 e. The lowest BCUT2D eigenvalue weighted by molar-refractivity contribution is -0.0453. The van der Waals surface area contributed by atoms with Crippen molar-refractivity contribution in [2.24, 2.45) is 4.99 Å². The minimum atomic E-state index is 0.246. The topological polar surface area (TPSA) is 61.8 Å². The number of aryl methyl sites for hydroxylation is 2. The van der Waals surface area contributed by atoms with Gasteiger partial charge in [-0.15, -0.1) is 11.3 Å². The molecule has 2 fully saturated rings. The molecule has 0 amide bonds. The third-order valence-corrected chi connectivity index (χ3v) is 5.67. The zero-order chi connectivity index (χ0) is 16.2. The summed E-state index contributed by atoms with van der Waals surface area (Å²) < 4.78 is 5.98. The van der Waals surface area contributed by atoms with Crippen molar-refractivity contribution in [3.8, 4) is 0 Å². The number of nitrogens with zero attached hydrogens (tertiary/aromatic N) is 3. The maximum atomic E-state index is 5.98. The van der Waals surface area contributed by atoms with E-state index in [2.05, 4.69) is 32.4 Å². The number of hydrogen-bond acceptors (Lipinski definition) is 5. The summed E-state index contributed by atoms with van der Waals surface area (Å²) in [6, 6.07) is 0.654. The summed E-state index contributed by atoms with van der Waals surface area (Å²) >= 11 is 1.74. The Hall–Kier alpha value is -1.18. The fraction of sp³-hybridized carbons (Fsp3) is 0.750. The highest BCUT2D eigenvalue weighted by Crippen LogP contribution is 2.22. The van der Waals surface area contributed by atoms with E-state index in [1.54, 1.807) is 18.4 Å². The fourth-order valence-electron chi connectivity index (χ4n) is 3.34. The quantitative estimate of drug-likeness (QED) is 0.640. The van der Waals surface area contributed by atoms with Gasteiger partial charge < -0.3 is 15.4 Å². The predicted octanol–water partition coefficient (Wildman–Crippen LogP) is 1.29. The van der Waals surface area contributed by atoms with E-state index in [4.69, 9.17) is 4.74 Å². The minimum Gasteiger partial charge on any atom is -0.373 e. The molecule has 23 heavy (non-hydrogen) atoms. The van der Waals surface area contributed by atoms with E-state index >= 15 is 0 Å². The molecule has 2 saturated heterocycles. The fourth-order valence-corrected chi connectivity index (χ4v) is 4.22. The minimum absolute atomic E-state index is 0.246. The van der Waals surface area contributed by atoms with E-state index in [-0.39, 0.29) is 6.10 Å². The lowest BCUT2D eigenvalue weighted by atomic mass is 10.2. The number of morpholine rings is 1. The van der Waals surface area contributed by atoms with Gasteiger partial charge in [0.2, 0.25) is 0 Å². The van der Waals surface area contributed by atoms with Crippen LogP contribution in [0.2, 0.25) is 0 Å². The summed E-state index contributed by atoms with van der Waals surface area (Å²) in [5.74, 6) is 0.822. The summed E-state index contributed by atoms with van der Waals surface area (Å²) in [6.07, 6.45) is 2.84. The predicted molar refractivity (Wildman–Crippen MR) is 94.1 cm³/mol. The second-order valence-corrected chi connectivity index (χ2v) is 7.58. The second kappa shape index (κ2) is 7.59. The van der Waals surface area contributed by atoms with Crippen LogP contribution in [0.1, 0.15) is 28.4 Å². The summed E-state index contributed by atoms with van der Waals surface area (Å²) in [4.78, 5) is 12.6. The molecule has 0 saturated carbocycles. The second-order valence-electron chi connectivity index (χ2n) is 6.29. The molecule has 1 aromatic rings. The van der Waals surface area contributed by atoms with Gasteiger partial charge in [0.25, 0.3) is 0 Å². The van der Waals surface area contributed by atoms with Gasteiger partial charge in [-0.25, -0.2) is 4.98 Å². The number of hydrogen-bond donors (Lipinski definition) is 2. The van der Waals surface area contributed by atoms with E-state index in [0.29, 0.717) is 6.04 Å². The summed E-state index contributed by atoms with van der Waals surface area (Å²) in [6.45, 7) is 8.78. The van der Waals surface area contributed by atoms with Crippen LogP contribution in [0.5, 0.6) is 0 Å². The first-order valence-electron chi connectivity index (χ1n) is 8.38. The van der Waals surface area contributed by atoms with Crippen molar-refractivity contribution in [3.05, 3.63) is 15.6 Å². The number of fused-ring (bicyclic) bond motifs is 1. The molecule has 0 radical (unpaired) electrons. The standard InChI is InChI=1S/C16H27N5OS/c1-11-15(23-12(2)20-11)8-19-16(17-3)18-7-14-9-21-6-4-5-13(21)10-22-14/h13-14H,4-10H2,1-3H3,(H2,17,18,19). The first-order valence-corrected chi connectivity index (χ1v) is 9.20. The van der Waals surface area contributed by atoms with Gasteiger partial charge in [0, 0.05) is 31.1 Å². The zero-order valence-electron chi connectivity index (χ0n) is 14.3. The van der Waals surface area contributed by atoms with Gasteiger partial charge in [-0.1, -0.05) is 0 Å². The van der Waals surface area contributed by atoms with Crippen LogP contribution >= 0.6 is 11.3 Å². The van der Waals surface area contributed by atoms with E-state index in [1.165, 1.54) is 24.3 Å². The number of nitrogens with one attached hydrogen (secondary N) is 2. The Kier molecular flexibility index (Phi) is 5.50. The van der Waals surface area contributed by atoms with Crippen molar-refractivity contribution in [3.63, 3.8) is 0 Å². The molecule has 3 rings (SSSR count). The molecule has 1 aromatic heterocycles. The van der Waals surface area contributed by atoms with Crippen LogP contribution < -0.4 is 10.6 Å². The van der Waals surface area contributed by atoms with Crippen molar-refractivity contribution >= 4 is 17.3 Å². The van der Waals surface area contributed by atoms with Crippen LogP contribution in [-0.2, 0) is 11.3 Å². The average molecular weight is 337 g/mol. The number of aromatic nitrogens is 1. The molecular formula is C16H27N5OS. The molecule has 6 nitrogen and oxygen atoms in total. The van der Waals surface area contributed by atoms with Crippen LogP contribution in [0.25, 0.3) is 0 Å². The highest BCUT2D eigenvalue weighted by molar-refractivity contribution is 7.11. The molecule has 0 spiro atoms. The van der Waals surface area contributed by atoms with E-state index in [0.717, 1.165) is 42.9 Å². The summed E-state index contributed by atoms with van der Waals surface area (Å²) in [7, 11) is 1.80. The highest BCUT2D eigenvalue weighted by atomic mass is 32.1. The van der Waals surface area contributed by atoms with Crippen molar-refractivity contribution < 1.29 is 4.74 Å². The first kappa shape index (κ1) is 16.7. The monoisotopic (exact) mass is 337 g/mol. The number of guanidine groups is 1. The first-order chi connectivity index (χ1) is 11.2. The van der Waals surface area contributed by atoms with Gasteiger partial charge in [0.05, 0.1) is 30.0 Å². The Morgan fingerprint density at radius 2 is 2.30 bits per heavy atom. The number of rotatable bonds is 4. The van der Waals surface area contributed by atoms with Gasteiger partial charge in [-0.3, -0.25) is 9.89 Å². The number of thiazole rings is 1. The Bertz CT molecular complexity index is 559. The Morgan fingerprint density at radius 1 is 1.43 bits per heavy atom. The third kappa shape index (κ3) is 4.22.